The molecule has 0 aliphatic heterocycles. The number of halogens is 1. The number of esters is 1. The summed E-state index contributed by atoms with van der Waals surface area (Å²) in [6, 6.07) is 7.03. The maximum atomic E-state index is 11.9. The van der Waals surface area contributed by atoms with E-state index >= 15 is 0 Å². The van der Waals surface area contributed by atoms with E-state index < -0.39 is 0 Å². The number of para-hydroxylation sites is 1. The van der Waals surface area contributed by atoms with Crippen molar-refractivity contribution in [3.05, 3.63) is 29.3 Å². The topological polar surface area (TPSA) is 38.3 Å². The number of hydrogen-bond donors (Lipinski definition) is 1. The molecule has 1 unspecified atom stereocenters. The predicted molar refractivity (Wildman–Crippen MR) is 75.0 cm³/mol. The van der Waals surface area contributed by atoms with Crippen molar-refractivity contribution in [2.75, 3.05) is 11.9 Å². The van der Waals surface area contributed by atoms with Gasteiger partial charge in [0.1, 0.15) is 6.04 Å². The Bertz CT molecular complexity index is 393. The first-order valence-corrected chi connectivity index (χ1v) is 6.60. The van der Waals surface area contributed by atoms with Crippen molar-refractivity contribution in [2.45, 2.75) is 33.2 Å². The third kappa shape index (κ3) is 4.57. The Morgan fingerprint density at radius 1 is 1.39 bits per heavy atom. The quantitative estimate of drug-likeness (QED) is 0.800. The van der Waals surface area contributed by atoms with Gasteiger partial charge >= 0.3 is 5.97 Å². The Kier molecular flexibility index (Phi) is 5.99. The van der Waals surface area contributed by atoms with Crippen molar-refractivity contribution in [3.63, 3.8) is 0 Å². The molecule has 0 aromatic heterocycles. The first-order chi connectivity index (χ1) is 8.54. The molecule has 1 N–H and O–H groups in total. The molecule has 0 bridgehead atoms. The molecule has 1 atom stereocenters. The summed E-state index contributed by atoms with van der Waals surface area (Å²) < 4.78 is 5.07. The molecule has 0 fully saturated rings. The van der Waals surface area contributed by atoms with Gasteiger partial charge < -0.3 is 10.1 Å². The van der Waals surface area contributed by atoms with Crippen molar-refractivity contribution < 1.29 is 9.53 Å². The average Bonchev–Trinajstić information content (AvgIpc) is 2.31. The van der Waals surface area contributed by atoms with Gasteiger partial charge in [-0.25, -0.2) is 4.79 Å². The molecule has 1 aromatic rings. The number of nitrogens with one attached hydrogen (secondary N) is 1. The summed E-state index contributed by atoms with van der Waals surface area (Å²) >= 11 is 6.07. The summed E-state index contributed by atoms with van der Waals surface area (Å²) in [5.74, 6) is 0.167. The largest absolute Gasteiger partial charge is 0.464 e. The Morgan fingerprint density at radius 3 is 2.61 bits per heavy atom. The minimum absolute atomic E-state index is 0.230. The van der Waals surface area contributed by atoms with Crippen LogP contribution in [0.4, 0.5) is 5.69 Å². The summed E-state index contributed by atoms with van der Waals surface area (Å²) in [7, 11) is 0. The second-order valence-corrected chi connectivity index (χ2v) is 4.97. The fourth-order valence-electron chi connectivity index (χ4n) is 1.69. The van der Waals surface area contributed by atoms with Crippen LogP contribution in [-0.2, 0) is 9.53 Å². The van der Waals surface area contributed by atoms with Crippen molar-refractivity contribution >= 4 is 23.3 Å². The van der Waals surface area contributed by atoms with Gasteiger partial charge in [0.2, 0.25) is 0 Å². The van der Waals surface area contributed by atoms with Crippen LogP contribution in [0.3, 0.4) is 0 Å². The first kappa shape index (κ1) is 14.8. The molecule has 0 amide bonds. The molecule has 3 nitrogen and oxygen atoms in total. The molecule has 0 saturated carbocycles. The zero-order chi connectivity index (χ0) is 13.5. The monoisotopic (exact) mass is 269 g/mol. The van der Waals surface area contributed by atoms with E-state index in [1.54, 1.807) is 13.0 Å². The lowest BCUT2D eigenvalue weighted by Crippen LogP contribution is -2.32. The van der Waals surface area contributed by atoms with Gasteiger partial charge in [-0.05, 0) is 31.4 Å². The van der Waals surface area contributed by atoms with Gasteiger partial charge in [0.15, 0.2) is 0 Å². The van der Waals surface area contributed by atoms with Gasteiger partial charge in [0.05, 0.1) is 17.3 Å². The second-order valence-electron chi connectivity index (χ2n) is 4.56. The second kappa shape index (κ2) is 7.27. The van der Waals surface area contributed by atoms with Gasteiger partial charge in [-0.2, -0.15) is 0 Å². The van der Waals surface area contributed by atoms with Crippen LogP contribution < -0.4 is 5.32 Å². The molecule has 0 spiro atoms. The molecule has 0 radical (unpaired) electrons. The summed E-state index contributed by atoms with van der Waals surface area (Å²) in [4.78, 5) is 11.9. The maximum Gasteiger partial charge on any atom is 0.328 e. The molecule has 0 aliphatic rings. The normalized spacial score (nSPS) is 12.3. The number of benzene rings is 1. The predicted octanol–water partition coefficient (Wildman–Crippen LogP) is 3.73. The van der Waals surface area contributed by atoms with Crippen LogP contribution in [0.25, 0.3) is 0 Å². The van der Waals surface area contributed by atoms with E-state index in [2.05, 4.69) is 19.2 Å². The fourth-order valence-corrected chi connectivity index (χ4v) is 1.88. The smallest absolute Gasteiger partial charge is 0.328 e. The standard InChI is InChI=1S/C14H20ClNO2/c1-4-18-14(17)13(9-10(2)3)16-12-8-6-5-7-11(12)15/h5-8,10,13,16H,4,9H2,1-3H3. The Balaban J connectivity index is 2.78. The molecule has 1 rings (SSSR count). The Labute approximate surface area is 113 Å². The van der Waals surface area contributed by atoms with Crippen molar-refractivity contribution in [1.29, 1.82) is 0 Å². The number of carbonyl (C=O) groups excluding carboxylic acids is 1. The van der Waals surface area contributed by atoms with Crippen LogP contribution in [-0.4, -0.2) is 18.6 Å². The molecule has 4 heteroatoms. The maximum absolute atomic E-state index is 11.9. The SMILES string of the molecule is CCOC(=O)C(CC(C)C)Nc1ccccc1Cl. The Hall–Kier alpha value is -1.22. The summed E-state index contributed by atoms with van der Waals surface area (Å²) in [5, 5.41) is 3.76. The lowest BCUT2D eigenvalue weighted by Gasteiger charge is -2.20. The molecular weight excluding hydrogens is 250 g/mol. The van der Waals surface area contributed by atoms with E-state index in [4.69, 9.17) is 16.3 Å². The number of ether oxygens (including phenoxy) is 1. The highest BCUT2D eigenvalue weighted by Gasteiger charge is 2.21. The van der Waals surface area contributed by atoms with E-state index in [1.165, 1.54) is 0 Å². The number of carbonyl (C=O) groups is 1. The molecule has 1 aromatic carbocycles. The van der Waals surface area contributed by atoms with Crippen LogP contribution in [0, 0.1) is 5.92 Å². The van der Waals surface area contributed by atoms with E-state index in [0.29, 0.717) is 24.0 Å². The van der Waals surface area contributed by atoms with Gasteiger partial charge in [-0.1, -0.05) is 37.6 Å². The van der Waals surface area contributed by atoms with Crippen LogP contribution in [0.1, 0.15) is 27.2 Å². The lowest BCUT2D eigenvalue weighted by molar-refractivity contribution is -0.144. The third-order valence-electron chi connectivity index (χ3n) is 2.48. The van der Waals surface area contributed by atoms with Gasteiger partial charge in [0.25, 0.3) is 0 Å². The summed E-state index contributed by atoms with van der Waals surface area (Å²) in [6.07, 6.45) is 0.712. The third-order valence-corrected chi connectivity index (χ3v) is 2.81. The average molecular weight is 270 g/mol. The van der Waals surface area contributed by atoms with Gasteiger partial charge in [0, 0.05) is 0 Å². The zero-order valence-corrected chi connectivity index (χ0v) is 11.8. The van der Waals surface area contributed by atoms with Gasteiger partial charge in [-0.3, -0.25) is 0 Å². The summed E-state index contributed by atoms with van der Waals surface area (Å²) in [5.41, 5.74) is 0.762. The van der Waals surface area contributed by atoms with E-state index in [-0.39, 0.29) is 12.0 Å². The highest BCUT2D eigenvalue weighted by molar-refractivity contribution is 6.33. The van der Waals surface area contributed by atoms with Crippen LogP contribution in [0.5, 0.6) is 0 Å². The zero-order valence-electron chi connectivity index (χ0n) is 11.1. The van der Waals surface area contributed by atoms with Gasteiger partial charge in [-0.15, -0.1) is 0 Å². The van der Waals surface area contributed by atoms with Crippen molar-refractivity contribution in [1.82, 2.24) is 0 Å². The molecule has 100 valence electrons. The lowest BCUT2D eigenvalue weighted by atomic mass is 10.0. The number of rotatable bonds is 6. The van der Waals surface area contributed by atoms with Crippen LogP contribution >= 0.6 is 11.6 Å². The highest BCUT2D eigenvalue weighted by Crippen LogP contribution is 2.23. The first-order valence-electron chi connectivity index (χ1n) is 6.22. The molecule has 0 heterocycles. The Morgan fingerprint density at radius 2 is 2.06 bits per heavy atom. The number of anilines is 1. The minimum Gasteiger partial charge on any atom is -0.464 e. The minimum atomic E-state index is -0.357. The van der Waals surface area contributed by atoms with E-state index in [1.807, 2.05) is 18.2 Å². The molecular formula is C14H20ClNO2. The number of hydrogen-bond acceptors (Lipinski definition) is 3. The molecule has 18 heavy (non-hydrogen) atoms. The fraction of sp³-hybridized carbons (Fsp3) is 0.500. The van der Waals surface area contributed by atoms with E-state index in [0.717, 1.165) is 5.69 Å². The van der Waals surface area contributed by atoms with E-state index in [9.17, 15) is 4.79 Å². The molecule has 0 aliphatic carbocycles. The highest BCUT2D eigenvalue weighted by atomic mass is 35.5. The van der Waals surface area contributed by atoms with Crippen molar-refractivity contribution in [2.24, 2.45) is 5.92 Å². The summed E-state index contributed by atoms with van der Waals surface area (Å²) in [6.45, 7) is 6.33. The molecule has 0 saturated heterocycles. The van der Waals surface area contributed by atoms with Crippen LogP contribution in [0.2, 0.25) is 5.02 Å². The van der Waals surface area contributed by atoms with Crippen molar-refractivity contribution in [3.8, 4) is 0 Å². The van der Waals surface area contributed by atoms with Crippen LogP contribution in [0.15, 0.2) is 24.3 Å².